The van der Waals surface area contributed by atoms with E-state index < -0.39 is 9.84 Å². The first-order chi connectivity index (χ1) is 9.92. The summed E-state index contributed by atoms with van der Waals surface area (Å²) in [7, 11) is -2.97. The van der Waals surface area contributed by atoms with Gasteiger partial charge in [0.05, 0.1) is 22.9 Å². The summed E-state index contributed by atoms with van der Waals surface area (Å²) < 4.78 is 25.8. The van der Waals surface area contributed by atoms with Gasteiger partial charge in [0, 0.05) is 17.5 Å². The molecule has 1 aromatic heterocycles. The number of rotatable bonds is 5. The van der Waals surface area contributed by atoms with Crippen molar-refractivity contribution >= 4 is 21.4 Å². The summed E-state index contributed by atoms with van der Waals surface area (Å²) in [6, 6.07) is 0.190. The number of sulfone groups is 1. The fraction of sp³-hybridized carbons (Fsp3) is 0.800. The van der Waals surface area contributed by atoms with Gasteiger partial charge in [0.25, 0.3) is 0 Å². The van der Waals surface area contributed by atoms with Gasteiger partial charge in [-0.2, -0.15) is 5.10 Å². The average molecular weight is 333 g/mol. The number of alkyl halides is 1. The van der Waals surface area contributed by atoms with Gasteiger partial charge in [0.1, 0.15) is 9.84 Å². The largest absolute Gasteiger partial charge is 0.266 e. The van der Waals surface area contributed by atoms with Gasteiger partial charge >= 0.3 is 0 Å². The molecule has 2 unspecified atom stereocenters. The summed E-state index contributed by atoms with van der Waals surface area (Å²) in [5.74, 6) is 0.481. The van der Waals surface area contributed by atoms with Gasteiger partial charge in [0.15, 0.2) is 0 Å². The van der Waals surface area contributed by atoms with Crippen LogP contribution in [0.2, 0.25) is 0 Å². The Morgan fingerprint density at radius 3 is 2.52 bits per heavy atom. The highest BCUT2D eigenvalue weighted by molar-refractivity contribution is 7.91. The van der Waals surface area contributed by atoms with Gasteiger partial charge in [-0.05, 0) is 32.1 Å². The second-order valence-corrected chi connectivity index (χ2v) is 8.52. The zero-order chi connectivity index (χ0) is 15.6. The highest BCUT2D eigenvalue weighted by Crippen LogP contribution is 2.34. The van der Waals surface area contributed by atoms with Gasteiger partial charge in [-0.3, -0.25) is 4.68 Å². The molecule has 0 aromatic carbocycles. The lowest BCUT2D eigenvalue weighted by atomic mass is 9.94. The lowest BCUT2D eigenvalue weighted by molar-refractivity contribution is 0.321. The molecule has 120 valence electrons. The van der Waals surface area contributed by atoms with Crippen LogP contribution in [-0.2, 0) is 28.6 Å². The van der Waals surface area contributed by atoms with E-state index in [0.29, 0.717) is 12.3 Å². The molecule has 0 aliphatic heterocycles. The SMILES string of the molecule is CCc1nn(C2CCCC(S(C)(=O)=O)C2)c(CC)c1CCl. The molecule has 2 rings (SSSR count). The Kier molecular flexibility index (Phi) is 5.36. The first-order valence-electron chi connectivity index (χ1n) is 7.76. The third-order valence-corrected chi connectivity index (χ3v) is 6.46. The molecule has 0 radical (unpaired) electrons. The Morgan fingerprint density at radius 2 is 2.00 bits per heavy atom. The summed E-state index contributed by atoms with van der Waals surface area (Å²) in [6.45, 7) is 4.20. The van der Waals surface area contributed by atoms with Crippen LogP contribution in [0.25, 0.3) is 0 Å². The van der Waals surface area contributed by atoms with E-state index in [9.17, 15) is 8.42 Å². The first kappa shape index (κ1) is 16.8. The number of hydrogen-bond acceptors (Lipinski definition) is 3. The number of halogens is 1. The first-order valence-corrected chi connectivity index (χ1v) is 10.2. The molecule has 0 amide bonds. The van der Waals surface area contributed by atoms with Gasteiger partial charge < -0.3 is 0 Å². The van der Waals surface area contributed by atoms with Crippen molar-refractivity contribution in [1.29, 1.82) is 0 Å². The molecule has 6 heteroatoms. The number of nitrogens with zero attached hydrogens (tertiary/aromatic N) is 2. The summed E-state index contributed by atoms with van der Waals surface area (Å²) in [5.41, 5.74) is 3.38. The molecule has 1 aliphatic rings. The van der Waals surface area contributed by atoms with Crippen molar-refractivity contribution < 1.29 is 8.42 Å². The Labute approximate surface area is 132 Å². The lowest BCUT2D eigenvalue weighted by Crippen LogP contribution is -2.30. The van der Waals surface area contributed by atoms with Crippen LogP contribution in [0.3, 0.4) is 0 Å². The van der Waals surface area contributed by atoms with Crippen LogP contribution in [0.15, 0.2) is 0 Å². The maximum atomic E-state index is 11.9. The van der Waals surface area contributed by atoms with Crippen LogP contribution in [0.1, 0.15) is 62.5 Å². The van der Waals surface area contributed by atoms with Crippen molar-refractivity contribution in [1.82, 2.24) is 9.78 Å². The van der Waals surface area contributed by atoms with E-state index in [2.05, 4.69) is 18.5 Å². The fourth-order valence-corrected chi connectivity index (χ4v) is 4.88. The molecule has 4 nitrogen and oxygen atoms in total. The predicted molar refractivity (Wildman–Crippen MR) is 86.7 cm³/mol. The van der Waals surface area contributed by atoms with Crippen LogP contribution in [-0.4, -0.2) is 29.7 Å². The van der Waals surface area contributed by atoms with Gasteiger partial charge in [-0.25, -0.2) is 8.42 Å². The summed E-state index contributed by atoms with van der Waals surface area (Å²) in [6.07, 6.45) is 6.51. The van der Waals surface area contributed by atoms with E-state index in [4.69, 9.17) is 16.7 Å². The summed E-state index contributed by atoms with van der Waals surface area (Å²) in [4.78, 5) is 0. The molecular weight excluding hydrogens is 308 g/mol. The van der Waals surface area contributed by atoms with Crippen molar-refractivity contribution in [2.24, 2.45) is 0 Å². The maximum absolute atomic E-state index is 11.9. The van der Waals surface area contributed by atoms with Crippen molar-refractivity contribution in [2.75, 3.05) is 6.26 Å². The van der Waals surface area contributed by atoms with Crippen molar-refractivity contribution in [3.05, 3.63) is 17.0 Å². The molecule has 1 aromatic rings. The van der Waals surface area contributed by atoms with E-state index in [1.807, 2.05) is 0 Å². The smallest absolute Gasteiger partial charge is 0.150 e. The second-order valence-electron chi connectivity index (χ2n) is 5.93. The average Bonchev–Trinajstić information content (AvgIpc) is 2.84. The topological polar surface area (TPSA) is 52.0 Å². The van der Waals surface area contributed by atoms with Gasteiger partial charge in [-0.1, -0.05) is 20.3 Å². The van der Waals surface area contributed by atoms with Crippen molar-refractivity contribution in [3.8, 4) is 0 Å². The van der Waals surface area contributed by atoms with Crippen LogP contribution < -0.4 is 0 Å². The zero-order valence-corrected chi connectivity index (χ0v) is 14.7. The highest BCUT2D eigenvalue weighted by atomic mass is 35.5. The Balaban J connectivity index is 2.35. The Morgan fingerprint density at radius 1 is 1.29 bits per heavy atom. The van der Waals surface area contributed by atoms with Crippen molar-refractivity contribution in [3.63, 3.8) is 0 Å². The lowest BCUT2D eigenvalue weighted by Gasteiger charge is -2.29. The summed E-state index contributed by atoms with van der Waals surface area (Å²) >= 11 is 6.10. The standard InChI is InChI=1S/C15H25ClN2O2S/c1-4-14-13(10-16)15(5-2)18(17-14)11-7-6-8-12(9-11)21(3,19)20/h11-12H,4-10H2,1-3H3. The van der Waals surface area contributed by atoms with Gasteiger partial charge in [-0.15, -0.1) is 11.6 Å². The van der Waals surface area contributed by atoms with E-state index in [1.165, 1.54) is 11.9 Å². The van der Waals surface area contributed by atoms with Crippen molar-refractivity contribution in [2.45, 2.75) is 69.5 Å². The summed E-state index contributed by atoms with van der Waals surface area (Å²) in [5, 5.41) is 4.52. The molecule has 21 heavy (non-hydrogen) atoms. The third-order valence-electron chi connectivity index (χ3n) is 4.55. The molecular formula is C15H25ClN2O2S. The fourth-order valence-electron chi connectivity index (χ4n) is 3.40. The highest BCUT2D eigenvalue weighted by Gasteiger charge is 2.31. The number of hydrogen-bond donors (Lipinski definition) is 0. The van der Waals surface area contributed by atoms with Crippen LogP contribution >= 0.6 is 11.6 Å². The minimum atomic E-state index is -2.97. The third kappa shape index (κ3) is 3.45. The molecule has 0 N–H and O–H groups in total. The quantitative estimate of drug-likeness (QED) is 0.777. The van der Waals surface area contributed by atoms with E-state index in [-0.39, 0.29) is 11.3 Å². The monoisotopic (exact) mass is 332 g/mol. The predicted octanol–water partition coefficient (Wildman–Crippen LogP) is 3.28. The Hall–Kier alpha value is -0.550. The van der Waals surface area contributed by atoms with Crippen LogP contribution in [0, 0.1) is 0 Å². The molecule has 2 atom stereocenters. The van der Waals surface area contributed by atoms with E-state index in [0.717, 1.165) is 43.4 Å². The molecule has 0 bridgehead atoms. The molecule has 0 saturated heterocycles. The zero-order valence-electron chi connectivity index (χ0n) is 13.1. The maximum Gasteiger partial charge on any atom is 0.150 e. The molecule has 1 fully saturated rings. The number of aromatic nitrogens is 2. The van der Waals surface area contributed by atoms with Gasteiger partial charge in [0.2, 0.25) is 0 Å². The van der Waals surface area contributed by atoms with Crippen LogP contribution in [0.4, 0.5) is 0 Å². The second kappa shape index (κ2) is 6.69. The van der Waals surface area contributed by atoms with Crippen LogP contribution in [0.5, 0.6) is 0 Å². The Bertz CT molecular complexity index is 595. The molecule has 0 spiro atoms. The molecule has 1 heterocycles. The minimum absolute atomic E-state index is 0.190. The van der Waals surface area contributed by atoms with E-state index >= 15 is 0 Å². The molecule has 1 saturated carbocycles. The minimum Gasteiger partial charge on any atom is -0.266 e. The normalized spacial score (nSPS) is 23.4. The number of aryl methyl sites for hydroxylation is 1. The molecule has 1 aliphatic carbocycles. The van der Waals surface area contributed by atoms with E-state index in [1.54, 1.807) is 0 Å².